The summed E-state index contributed by atoms with van der Waals surface area (Å²) < 4.78 is 0. The van der Waals surface area contributed by atoms with E-state index in [-0.39, 0.29) is 24.1 Å². The molecule has 0 unspecified atom stereocenters. The molecule has 1 aromatic heterocycles. The topological polar surface area (TPSA) is 125 Å². The van der Waals surface area contributed by atoms with Gasteiger partial charge in [0.15, 0.2) is 0 Å². The Hall–Kier alpha value is -4.27. The molecule has 0 radical (unpaired) electrons. The lowest BCUT2D eigenvalue weighted by atomic mass is 10.1. The summed E-state index contributed by atoms with van der Waals surface area (Å²) in [5, 5.41) is 11.4. The molecule has 0 atom stereocenters. The molecule has 3 aromatic rings. The van der Waals surface area contributed by atoms with Crippen LogP contribution in [0.2, 0.25) is 0 Å². The van der Waals surface area contributed by atoms with Crippen LogP contribution in [0.4, 0.5) is 17.3 Å². The fraction of sp³-hybridized carbons (Fsp3) is 0.174. The number of benzene rings is 2. The molecule has 0 saturated heterocycles. The first-order valence-corrected chi connectivity index (χ1v) is 10.1. The van der Waals surface area contributed by atoms with Gasteiger partial charge in [-0.3, -0.25) is 14.4 Å². The van der Waals surface area contributed by atoms with Crippen molar-refractivity contribution in [2.75, 3.05) is 23.7 Å². The van der Waals surface area contributed by atoms with Gasteiger partial charge in [-0.1, -0.05) is 18.2 Å². The summed E-state index contributed by atoms with van der Waals surface area (Å²) >= 11 is 0. The third-order valence-electron chi connectivity index (χ3n) is 4.86. The molecule has 9 heteroatoms. The Labute approximate surface area is 184 Å². The number of carbonyl (C=O) groups is 3. The average Bonchev–Trinajstić information content (AvgIpc) is 2.92. The molecule has 0 aliphatic carbocycles. The van der Waals surface area contributed by atoms with Crippen LogP contribution in [0.15, 0.2) is 54.7 Å². The van der Waals surface area contributed by atoms with E-state index in [0.29, 0.717) is 30.3 Å². The van der Waals surface area contributed by atoms with Gasteiger partial charge in [0.25, 0.3) is 5.91 Å². The van der Waals surface area contributed by atoms with Gasteiger partial charge in [0.1, 0.15) is 0 Å². The van der Waals surface area contributed by atoms with Crippen molar-refractivity contribution < 1.29 is 14.4 Å². The molecule has 4 N–H and O–H groups in total. The predicted octanol–water partition coefficient (Wildman–Crippen LogP) is 2.25. The van der Waals surface area contributed by atoms with Gasteiger partial charge in [-0.2, -0.15) is 0 Å². The molecule has 0 saturated carbocycles. The number of amides is 3. The van der Waals surface area contributed by atoms with Crippen molar-refractivity contribution in [3.8, 4) is 11.3 Å². The Morgan fingerprint density at radius 1 is 1.03 bits per heavy atom. The normalized spacial score (nSPS) is 12.0. The van der Waals surface area contributed by atoms with Gasteiger partial charge < -0.3 is 21.3 Å². The van der Waals surface area contributed by atoms with Crippen LogP contribution < -0.4 is 21.3 Å². The number of hydrogen-bond acceptors (Lipinski definition) is 6. The average molecular weight is 430 g/mol. The first kappa shape index (κ1) is 21.0. The van der Waals surface area contributed by atoms with Gasteiger partial charge in [0, 0.05) is 48.6 Å². The molecule has 4 rings (SSSR count). The van der Waals surface area contributed by atoms with E-state index in [0.717, 1.165) is 22.5 Å². The van der Waals surface area contributed by atoms with E-state index in [9.17, 15) is 14.4 Å². The minimum Gasteiger partial charge on any atom is -0.355 e. The SMILES string of the molecule is CC(=O)NCCNC(=O)c1ccc(Nc2ncc3c(n2)-c2ccccc2NC(=O)C3)cc1. The Balaban J connectivity index is 1.47. The Morgan fingerprint density at radius 3 is 2.56 bits per heavy atom. The summed E-state index contributed by atoms with van der Waals surface area (Å²) in [7, 11) is 0. The largest absolute Gasteiger partial charge is 0.355 e. The Kier molecular flexibility index (Phi) is 6.07. The van der Waals surface area contributed by atoms with Crippen LogP contribution >= 0.6 is 0 Å². The van der Waals surface area contributed by atoms with Crippen molar-refractivity contribution in [3.63, 3.8) is 0 Å². The van der Waals surface area contributed by atoms with Crippen molar-refractivity contribution >= 4 is 35.0 Å². The van der Waals surface area contributed by atoms with E-state index in [1.165, 1.54) is 6.92 Å². The first-order chi connectivity index (χ1) is 15.5. The number of rotatable bonds is 6. The van der Waals surface area contributed by atoms with Gasteiger partial charge in [-0.25, -0.2) is 9.97 Å². The maximum atomic E-state index is 12.2. The van der Waals surface area contributed by atoms with E-state index in [2.05, 4.69) is 31.2 Å². The third-order valence-corrected chi connectivity index (χ3v) is 4.86. The van der Waals surface area contributed by atoms with Gasteiger partial charge in [-0.15, -0.1) is 0 Å². The summed E-state index contributed by atoms with van der Waals surface area (Å²) in [4.78, 5) is 44.2. The fourth-order valence-corrected chi connectivity index (χ4v) is 3.35. The van der Waals surface area contributed by atoms with Crippen LogP contribution in [-0.2, 0) is 16.0 Å². The van der Waals surface area contributed by atoms with E-state index in [4.69, 9.17) is 0 Å². The van der Waals surface area contributed by atoms with Gasteiger partial charge in [-0.05, 0) is 30.3 Å². The molecule has 2 aromatic carbocycles. The Morgan fingerprint density at radius 2 is 1.78 bits per heavy atom. The molecule has 1 aliphatic heterocycles. The predicted molar refractivity (Wildman–Crippen MR) is 121 cm³/mol. The van der Waals surface area contributed by atoms with E-state index in [1.807, 2.05) is 24.3 Å². The number of nitrogens with zero attached hydrogens (tertiary/aromatic N) is 2. The molecule has 32 heavy (non-hydrogen) atoms. The summed E-state index contributed by atoms with van der Waals surface area (Å²) in [5.41, 5.74) is 4.23. The second kappa shape index (κ2) is 9.25. The number of para-hydroxylation sites is 1. The van der Waals surface area contributed by atoms with Crippen molar-refractivity contribution in [2.45, 2.75) is 13.3 Å². The summed E-state index contributed by atoms with van der Waals surface area (Å²) in [5.74, 6) is -0.0788. The molecule has 0 spiro atoms. The first-order valence-electron chi connectivity index (χ1n) is 10.1. The number of nitrogens with one attached hydrogen (secondary N) is 4. The monoisotopic (exact) mass is 430 g/mol. The second-order valence-corrected chi connectivity index (χ2v) is 7.28. The number of hydrogen-bond donors (Lipinski definition) is 4. The van der Waals surface area contributed by atoms with Crippen LogP contribution in [-0.4, -0.2) is 40.8 Å². The fourth-order valence-electron chi connectivity index (χ4n) is 3.35. The molecule has 0 fully saturated rings. The van der Waals surface area contributed by atoms with E-state index >= 15 is 0 Å². The molecule has 3 amide bonds. The van der Waals surface area contributed by atoms with Crippen molar-refractivity contribution in [1.82, 2.24) is 20.6 Å². The standard InChI is InChI=1S/C23H22N6O3/c1-14(30)24-10-11-25-22(32)15-6-8-17(9-7-15)27-23-26-13-16-12-20(31)28-19-5-3-2-4-18(19)21(16)29-23/h2-9,13H,10-12H2,1H3,(H,24,30)(H,25,32)(H,28,31)(H,26,27,29). The summed E-state index contributed by atoms with van der Waals surface area (Å²) in [6.45, 7) is 2.15. The molecule has 0 bridgehead atoms. The summed E-state index contributed by atoms with van der Waals surface area (Å²) in [6.07, 6.45) is 1.86. The van der Waals surface area contributed by atoms with Gasteiger partial charge in [0.2, 0.25) is 17.8 Å². The molecule has 9 nitrogen and oxygen atoms in total. The minimum absolute atomic E-state index is 0.105. The molecule has 2 heterocycles. The van der Waals surface area contributed by atoms with Crippen LogP contribution in [0.5, 0.6) is 0 Å². The highest BCUT2D eigenvalue weighted by molar-refractivity contribution is 6.00. The lowest BCUT2D eigenvalue weighted by molar-refractivity contribution is -0.119. The van der Waals surface area contributed by atoms with Gasteiger partial charge >= 0.3 is 0 Å². The highest BCUT2D eigenvalue weighted by Gasteiger charge is 2.20. The zero-order valence-corrected chi connectivity index (χ0v) is 17.4. The number of anilines is 3. The van der Waals surface area contributed by atoms with Crippen LogP contribution in [0, 0.1) is 0 Å². The van der Waals surface area contributed by atoms with Crippen LogP contribution in [0.1, 0.15) is 22.8 Å². The smallest absolute Gasteiger partial charge is 0.251 e. The van der Waals surface area contributed by atoms with Crippen LogP contribution in [0.25, 0.3) is 11.3 Å². The lowest BCUT2D eigenvalue weighted by Gasteiger charge is -2.11. The maximum absolute atomic E-state index is 12.2. The number of aromatic nitrogens is 2. The molecular weight excluding hydrogens is 408 g/mol. The van der Waals surface area contributed by atoms with Gasteiger partial charge in [0.05, 0.1) is 17.8 Å². The van der Waals surface area contributed by atoms with Crippen molar-refractivity contribution in [1.29, 1.82) is 0 Å². The van der Waals surface area contributed by atoms with Crippen LogP contribution in [0.3, 0.4) is 0 Å². The van der Waals surface area contributed by atoms with E-state index < -0.39 is 0 Å². The van der Waals surface area contributed by atoms with Crippen molar-refractivity contribution in [2.24, 2.45) is 0 Å². The highest BCUT2D eigenvalue weighted by atomic mass is 16.2. The summed E-state index contributed by atoms with van der Waals surface area (Å²) in [6, 6.07) is 14.4. The molecular formula is C23H22N6O3. The minimum atomic E-state index is -0.225. The Bertz CT molecular complexity index is 1180. The molecule has 1 aliphatic rings. The molecule has 162 valence electrons. The lowest BCUT2D eigenvalue weighted by Crippen LogP contribution is -2.33. The number of fused-ring (bicyclic) bond motifs is 3. The van der Waals surface area contributed by atoms with E-state index in [1.54, 1.807) is 30.5 Å². The van der Waals surface area contributed by atoms with Crippen molar-refractivity contribution in [3.05, 3.63) is 65.9 Å². The third kappa shape index (κ3) is 4.89. The number of carbonyl (C=O) groups excluding carboxylic acids is 3. The zero-order chi connectivity index (χ0) is 22.5. The zero-order valence-electron chi connectivity index (χ0n) is 17.4. The highest BCUT2D eigenvalue weighted by Crippen LogP contribution is 2.32. The maximum Gasteiger partial charge on any atom is 0.251 e. The quantitative estimate of drug-likeness (QED) is 0.445. The second-order valence-electron chi connectivity index (χ2n) is 7.28.